The van der Waals surface area contributed by atoms with Crippen LogP contribution < -0.4 is 14.8 Å². The highest BCUT2D eigenvalue weighted by Gasteiger charge is 2.14. The molecule has 0 aliphatic heterocycles. The monoisotopic (exact) mass is 327 g/mol. The molecule has 126 valence electrons. The van der Waals surface area contributed by atoms with E-state index in [4.69, 9.17) is 9.47 Å². The molecule has 1 aromatic rings. The Labute approximate surface area is 141 Å². The van der Waals surface area contributed by atoms with Gasteiger partial charge in [0.15, 0.2) is 11.5 Å². The Hall–Kier alpha value is -0.930. The van der Waals surface area contributed by atoms with Gasteiger partial charge in [0.05, 0.1) is 13.7 Å². The van der Waals surface area contributed by atoms with Crippen molar-refractivity contribution in [3.05, 3.63) is 23.8 Å². The third kappa shape index (κ3) is 5.69. The molecule has 22 heavy (non-hydrogen) atoms. The SMILES string of the molecule is CCOc1c(CNC2CCCCCCC2)cccc1OC.Cl. The first kappa shape index (κ1) is 19.1. The second-order valence-electron chi connectivity index (χ2n) is 5.80. The Balaban J connectivity index is 0.00000242. The van der Waals surface area contributed by atoms with Gasteiger partial charge in [-0.1, -0.05) is 44.2 Å². The van der Waals surface area contributed by atoms with E-state index in [1.165, 1.54) is 50.5 Å². The van der Waals surface area contributed by atoms with E-state index < -0.39 is 0 Å². The van der Waals surface area contributed by atoms with Crippen LogP contribution in [-0.2, 0) is 6.54 Å². The van der Waals surface area contributed by atoms with Crippen LogP contribution in [0.25, 0.3) is 0 Å². The highest BCUT2D eigenvalue weighted by atomic mass is 35.5. The average Bonchev–Trinajstić information content (AvgIpc) is 2.47. The third-order valence-corrected chi connectivity index (χ3v) is 4.26. The summed E-state index contributed by atoms with van der Waals surface area (Å²) in [7, 11) is 1.70. The van der Waals surface area contributed by atoms with Gasteiger partial charge in [0.1, 0.15) is 0 Å². The summed E-state index contributed by atoms with van der Waals surface area (Å²) in [4.78, 5) is 0. The molecule has 3 nitrogen and oxygen atoms in total. The molecule has 0 aromatic heterocycles. The number of ether oxygens (including phenoxy) is 2. The second kappa shape index (κ2) is 10.7. The van der Waals surface area contributed by atoms with Crippen LogP contribution in [0.4, 0.5) is 0 Å². The first-order valence-electron chi connectivity index (χ1n) is 8.37. The molecule has 0 spiro atoms. The molecular weight excluding hydrogens is 298 g/mol. The van der Waals surface area contributed by atoms with Crippen LogP contribution in [0.3, 0.4) is 0 Å². The van der Waals surface area contributed by atoms with Gasteiger partial charge in [-0.05, 0) is 25.8 Å². The zero-order chi connectivity index (χ0) is 14.9. The lowest BCUT2D eigenvalue weighted by Gasteiger charge is -2.22. The normalized spacial score (nSPS) is 16.3. The lowest BCUT2D eigenvalue weighted by molar-refractivity contribution is 0.305. The molecule has 0 saturated heterocycles. The lowest BCUT2D eigenvalue weighted by atomic mass is 9.96. The molecule has 2 rings (SSSR count). The van der Waals surface area contributed by atoms with Crippen LogP contribution in [0.15, 0.2) is 18.2 Å². The van der Waals surface area contributed by atoms with Crippen molar-refractivity contribution in [2.45, 2.75) is 64.5 Å². The molecule has 0 heterocycles. The number of nitrogens with one attached hydrogen (secondary N) is 1. The molecule has 0 radical (unpaired) electrons. The summed E-state index contributed by atoms with van der Waals surface area (Å²) in [5.41, 5.74) is 1.19. The minimum Gasteiger partial charge on any atom is -0.493 e. The maximum atomic E-state index is 5.78. The van der Waals surface area contributed by atoms with Crippen molar-refractivity contribution in [1.82, 2.24) is 5.32 Å². The Bertz CT molecular complexity index is 418. The Morgan fingerprint density at radius 1 is 1.09 bits per heavy atom. The van der Waals surface area contributed by atoms with Crippen LogP contribution in [0.5, 0.6) is 11.5 Å². The number of para-hydroxylation sites is 1. The number of halogens is 1. The zero-order valence-corrected chi connectivity index (χ0v) is 14.7. The molecule has 1 saturated carbocycles. The first-order valence-corrected chi connectivity index (χ1v) is 8.37. The maximum absolute atomic E-state index is 5.78. The van der Waals surface area contributed by atoms with Crippen molar-refractivity contribution < 1.29 is 9.47 Å². The van der Waals surface area contributed by atoms with E-state index >= 15 is 0 Å². The molecule has 1 aliphatic carbocycles. The molecule has 0 bridgehead atoms. The van der Waals surface area contributed by atoms with E-state index in [-0.39, 0.29) is 12.4 Å². The van der Waals surface area contributed by atoms with Crippen molar-refractivity contribution in [3.63, 3.8) is 0 Å². The predicted octanol–water partition coefficient (Wildman–Crippen LogP) is 4.72. The quantitative estimate of drug-likeness (QED) is 0.820. The van der Waals surface area contributed by atoms with Gasteiger partial charge in [0.25, 0.3) is 0 Å². The van der Waals surface area contributed by atoms with Gasteiger partial charge >= 0.3 is 0 Å². The van der Waals surface area contributed by atoms with E-state index in [0.717, 1.165) is 18.0 Å². The fraction of sp³-hybridized carbons (Fsp3) is 0.667. The van der Waals surface area contributed by atoms with E-state index in [2.05, 4.69) is 11.4 Å². The maximum Gasteiger partial charge on any atom is 0.165 e. The van der Waals surface area contributed by atoms with Gasteiger partial charge in [-0.15, -0.1) is 12.4 Å². The van der Waals surface area contributed by atoms with Gasteiger partial charge in [0.2, 0.25) is 0 Å². The van der Waals surface area contributed by atoms with Crippen molar-refractivity contribution in [2.24, 2.45) is 0 Å². The van der Waals surface area contributed by atoms with Gasteiger partial charge in [-0.3, -0.25) is 0 Å². The standard InChI is InChI=1S/C18H29NO2.ClH/c1-3-21-18-15(10-9-13-17(18)20-2)14-19-16-11-7-5-4-6-8-12-16;/h9-10,13,16,19H,3-8,11-12,14H2,1-2H3;1H. The van der Waals surface area contributed by atoms with E-state index in [1.807, 2.05) is 19.1 Å². The van der Waals surface area contributed by atoms with Crippen LogP contribution in [0, 0.1) is 0 Å². The van der Waals surface area contributed by atoms with Gasteiger partial charge in [0, 0.05) is 18.2 Å². The second-order valence-corrected chi connectivity index (χ2v) is 5.80. The smallest absolute Gasteiger partial charge is 0.165 e. The van der Waals surface area contributed by atoms with E-state index in [0.29, 0.717) is 12.6 Å². The van der Waals surface area contributed by atoms with E-state index in [9.17, 15) is 0 Å². The molecule has 0 unspecified atom stereocenters. The number of hydrogen-bond donors (Lipinski definition) is 1. The molecule has 0 atom stereocenters. The lowest BCUT2D eigenvalue weighted by Crippen LogP contribution is -2.29. The zero-order valence-electron chi connectivity index (χ0n) is 13.9. The highest BCUT2D eigenvalue weighted by molar-refractivity contribution is 5.85. The topological polar surface area (TPSA) is 30.5 Å². The summed E-state index contributed by atoms with van der Waals surface area (Å²) < 4.78 is 11.2. The van der Waals surface area contributed by atoms with Gasteiger partial charge < -0.3 is 14.8 Å². The number of rotatable bonds is 6. The summed E-state index contributed by atoms with van der Waals surface area (Å²) >= 11 is 0. The molecule has 1 N–H and O–H groups in total. The Morgan fingerprint density at radius 2 is 1.77 bits per heavy atom. The average molecular weight is 328 g/mol. The number of benzene rings is 1. The third-order valence-electron chi connectivity index (χ3n) is 4.26. The first-order chi connectivity index (χ1) is 10.3. The fourth-order valence-electron chi connectivity index (χ4n) is 3.08. The van der Waals surface area contributed by atoms with Crippen molar-refractivity contribution in [3.8, 4) is 11.5 Å². The molecule has 1 aromatic carbocycles. The van der Waals surface area contributed by atoms with Crippen LogP contribution in [0.1, 0.15) is 57.4 Å². The summed E-state index contributed by atoms with van der Waals surface area (Å²) in [6.45, 7) is 3.53. The van der Waals surface area contributed by atoms with Gasteiger partial charge in [-0.2, -0.15) is 0 Å². The largest absolute Gasteiger partial charge is 0.493 e. The minimum atomic E-state index is 0. The van der Waals surface area contributed by atoms with Crippen LogP contribution >= 0.6 is 12.4 Å². The Morgan fingerprint density at radius 3 is 2.41 bits per heavy atom. The molecular formula is C18H30ClNO2. The predicted molar refractivity (Wildman–Crippen MR) is 94.4 cm³/mol. The molecule has 0 amide bonds. The van der Waals surface area contributed by atoms with E-state index in [1.54, 1.807) is 7.11 Å². The van der Waals surface area contributed by atoms with Crippen LogP contribution in [-0.4, -0.2) is 19.8 Å². The summed E-state index contributed by atoms with van der Waals surface area (Å²) in [5.74, 6) is 1.72. The number of hydrogen-bond acceptors (Lipinski definition) is 3. The number of methoxy groups -OCH3 is 1. The summed E-state index contributed by atoms with van der Waals surface area (Å²) in [5, 5.41) is 3.72. The van der Waals surface area contributed by atoms with Crippen molar-refractivity contribution in [1.29, 1.82) is 0 Å². The molecule has 1 aliphatic rings. The summed E-state index contributed by atoms with van der Waals surface area (Å²) in [6, 6.07) is 6.77. The summed E-state index contributed by atoms with van der Waals surface area (Å²) in [6.07, 6.45) is 9.50. The van der Waals surface area contributed by atoms with Gasteiger partial charge in [-0.25, -0.2) is 0 Å². The molecule has 1 fully saturated rings. The molecule has 4 heteroatoms. The minimum absolute atomic E-state index is 0. The Kier molecular flexibility index (Phi) is 9.33. The van der Waals surface area contributed by atoms with Crippen molar-refractivity contribution >= 4 is 12.4 Å². The van der Waals surface area contributed by atoms with Crippen LogP contribution in [0.2, 0.25) is 0 Å². The fourth-order valence-corrected chi connectivity index (χ4v) is 3.08. The highest BCUT2D eigenvalue weighted by Crippen LogP contribution is 2.31. The van der Waals surface area contributed by atoms with Crippen molar-refractivity contribution in [2.75, 3.05) is 13.7 Å².